The molecule has 2 aromatic heterocycles. The number of aromatic nitrogens is 4. The summed E-state index contributed by atoms with van der Waals surface area (Å²) in [5, 5.41) is 14.5. The van der Waals surface area contributed by atoms with Crippen LogP contribution < -0.4 is 16.0 Å². The Kier molecular flexibility index (Phi) is 8.95. The van der Waals surface area contributed by atoms with E-state index in [1.165, 1.54) is 11.0 Å². The number of rotatable bonds is 9. The van der Waals surface area contributed by atoms with Gasteiger partial charge in [0.1, 0.15) is 17.6 Å². The molecule has 3 aromatic rings. The minimum absolute atomic E-state index is 0. The molecular formula is C26H30ClFN8O4. The Morgan fingerprint density at radius 3 is 2.75 bits per heavy atom. The van der Waals surface area contributed by atoms with Crippen molar-refractivity contribution in [3.8, 4) is 11.1 Å². The summed E-state index contributed by atoms with van der Waals surface area (Å²) in [5.74, 6) is -0.692. The van der Waals surface area contributed by atoms with Crippen molar-refractivity contribution in [1.29, 1.82) is 0 Å². The van der Waals surface area contributed by atoms with E-state index in [9.17, 15) is 9.59 Å². The van der Waals surface area contributed by atoms with Gasteiger partial charge in [0.05, 0.1) is 43.3 Å². The second-order valence-corrected chi connectivity index (χ2v) is 9.82. The van der Waals surface area contributed by atoms with E-state index in [0.717, 1.165) is 0 Å². The fourth-order valence-electron chi connectivity index (χ4n) is 4.32. The molecule has 3 N–H and O–H groups in total. The van der Waals surface area contributed by atoms with Gasteiger partial charge in [-0.05, 0) is 30.2 Å². The number of hydrogen-bond acceptors (Lipinski definition) is 9. The zero-order chi connectivity index (χ0) is 27.5. The third kappa shape index (κ3) is 6.37. The van der Waals surface area contributed by atoms with Gasteiger partial charge < -0.3 is 20.6 Å². The normalized spacial score (nSPS) is 19.1. The number of anilines is 1. The highest BCUT2D eigenvalue weighted by Gasteiger charge is 2.33. The van der Waals surface area contributed by atoms with Gasteiger partial charge in [0.2, 0.25) is 5.91 Å². The number of benzene rings is 1. The Balaban J connectivity index is 0.00000370. The Morgan fingerprint density at radius 2 is 2.08 bits per heavy atom. The van der Waals surface area contributed by atoms with Crippen molar-refractivity contribution < 1.29 is 23.6 Å². The van der Waals surface area contributed by atoms with Crippen LogP contribution in [-0.2, 0) is 20.9 Å². The molecule has 1 fully saturated rings. The number of carbonyl (C=O) groups is 2. The Bertz CT molecular complexity index is 1370. The van der Waals surface area contributed by atoms with E-state index >= 15 is 4.39 Å². The van der Waals surface area contributed by atoms with Crippen LogP contribution in [0.15, 0.2) is 54.1 Å². The predicted octanol–water partition coefficient (Wildman–Crippen LogP) is 2.52. The first-order valence-electron chi connectivity index (χ1n) is 12.6. The Labute approximate surface area is 236 Å². The third-order valence-electron chi connectivity index (χ3n) is 6.63. The molecule has 0 spiro atoms. The SMILES string of the molecule is CC(C)[C@@H](N)C(=O)NC[C@@H]1CC(c2ccc(-c3ccc(N4C[C@H](Cn5ccnn5)OC4=O)cc3F)cn2)=NO1.Cl. The monoisotopic (exact) mass is 572 g/mol. The lowest BCUT2D eigenvalue weighted by molar-refractivity contribution is -0.123. The van der Waals surface area contributed by atoms with E-state index < -0.39 is 24.1 Å². The number of cyclic esters (lactones) is 1. The molecule has 1 aromatic carbocycles. The standard InChI is InChI=1S/C26H29FN8O4.ClH/c1-15(2)24(28)25(36)30-12-18-10-23(32-39-18)22-6-3-16(11-29-22)20-5-4-17(9-21(20)27)35-14-19(38-26(35)37)13-34-8-7-31-33-34;/h3-9,11,15,18-19,24H,10,12-14,28H2,1-2H3,(H,30,36);1H/t18-,19-,24+;/m0./s1. The molecule has 40 heavy (non-hydrogen) atoms. The van der Waals surface area contributed by atoms with E-state index in [2.05, 4.69) is 25.8 Å². The molecule has 2 aliphatic rings. The molecule has 3 atom stereocenters. The van der Waals surface area contributed by atoms with E-state index in [1.807, 2.05) is 13.8 Å². The molecule has 0 saturated carbocycles. The maximum atomic E-state index is 15.1. The fraction of sp³-hybridized carbons (Fsp3) is 0.385. The minimum atomic E-state index is -0.582. The highest BCUT2D eigenvalue weighted by Crippen LogP contribution is 2.29. The van der Waals surface area contributed by atoms with E-state index in [1.54, 1.807) is 47.5 Å². The maximum absolute atomic E-state index is 15.1. The van der Waals surface area contributed by atoms with Crippen molar-refractivity contribution in [2.45, 2.75) is 45.1 Å². The summed E-state index contributed by atoms with van der Waals surface area (Å²) >= 11 is 0. The van der Waals surface area contributed by atoms with Crippen LogP contribution in [0.1, 0.15) is 26.0 Å². The number of nitrogens with one attached hydrogen (secondary N) is 1. The van der Waals surface area contributed by atoms with Crippen LogP contribution in [0.2, 0.25) is 0 Å². The molecule has 2 amide bonds. The van der Waals surface area contributed by atoms with Crippen LogP contribution in [0.5, 0.6) is 0 Å². The second-order valence-electron chi connectivity index (χ2n) is 9.82. The van der Waals surface area contributed by atoms with Crippen LogP contribution in [0, 0.1) is 11.7 Å². The third-order valence-corrected chi connectivity index (χ3v) is 6.63. The number of nitrogens with two attached hydrogens (primary N) is 1. The number of pyridine rings is 1. The molecule has 12 nitrogen and oxygen atoms in total. The van der Waals surface area contributed by atoms with Gasteiger partial charge in [-0.15, -0.1) is 17.5 Å². The molecule has 14 heteroatoms. The fourth-order valence-corrected chi connectivity index (χ4v) is 4.32. The minimum Gasteiger partial charge on any atom is -0.442 e. The van der Waals surface area contributed by atoms with Crippen LogP contribution in [0.4, 0.5) is 14.9 Å². The highest BCUT2D eigenvalue weighted by molar-refractivity contribution is 6.00. The molecule has 0 bridgehead atoms. The molecule has 5 rings (SSSR count). The van der Waals surface area contributed by atoms with Crippen molar-refractivity contribution in [2.24, 2.45) is 16.8 Å². The summed E-state index contributed by atoms with van der Waals surface area (Å²) in [5.41, 5.74) is 8.41. The number of hydrogen-bond donors (Lipinski definition) is 2. The molecule has 0 radical (unpaired) electrons. The first-order chi connectivity index (χ1) is 18.8. The van der Waals surface area contributed by atoms with Gasteiger partial charge in [-0.25, -0.2) is 13.9 Å². The van der Waals surface area contributed by atoms with Gasteiger partial charge >= 0.3 is 6.09 Å². The lowest BCUT2D eigenvalue weighted by Gasteiger charge is -2.16. The zero-order valence-electron chi connectivity index (χ0n) is 21.9. The number of halogens is 2. The summed E-state index contributed by atoms with van der Waals surface area (Å²) in [7, 11) is 0. The predicted molar refractivity (Wildman–Crippen MR) is 146 cm³/mol. The summed E-state index contributed by atoms with van der Waals surface area (Å²) in [6, 6.07) is 7.49. The first-order valence-corrected chi connectivity index (χ1v) is 12.6. The average molecular weight is 573 g/mol. The van der Waals surface area contributed by atoms with Crippen molar-refractivity contribution in [3.63, 3.8) is 0 Å². The van der Waals surface area contributed by atoms with Crippen LogP contribution in [-0.4, -0.2) is 69.0 Å². The molecule has 2 aliphatic heterocycles. The first kappa shape index (κ1) is 28.9. The topological polar surface area (TPSA) is 150 Å². The maximum Gasteiger partial charge on any atom is 0.414 e. The van der Waals surface area contributed by atoms with Crippen molar-refractivity contribution in [1.82, 2.24) is 25.3 Å². The van der Waals surface area contributed by atoms with Crippen molar-refractivity contribution >= 4 is 35.8 Å². The number of nitrogens with zero attached hydrogens (tertiary/aromatic N) is 6. The van der Waals surface area contributed by atoms with Gasteiger partial charge in [-0.3, -0.25) is 14.7 Å². The van der Waals surface area contributed by atoms with Gasteiger partial charge in [0.15, 0.2) is 6.10 Å². The van der Waals surface area contributed by atoms with E-state index in [4.69, 9.17) is 15.3 Å². The quantitative estimate of drug-likeness (QED) is 0.397. The van der Waals surface area contributed by atoms with Gasteiger partial charge in [-0.2, -0.15) is 0 Å². The number of amides is 2. The number of oxime groups is 1. The summed E-state index contributed by atoms with van der Waals surface area (Å²) < 4.78 is 22.1. The Morgan fingerprint density at radius 1 is 1.25 bits per heavy atom. The van der Waals surface area contributed by atoms with Gasteiger partial charge in [0.25, 0.3) is 0 Å². The molecule has 0 unspecified atom stereocenters. The highest BCUT2D eigenvalue weighted by atomic mass is 35.5. The molecule has 212 valence electrons. The molecule has 4 heterocycles. The summed E-state index contributed by atoms with van der Waals surface area (Å²) in [6.07, 6.45) is 3.97. The van der Waals surface area contributed by atoms with Crippen LogP contribution >= 0.6 is 12.4 Å². The molecular weight excluding hydrogens is 543 g/mol. The Hall–Kier alpha value is -4.10. The lowest BCUT2D eigenvalue weighted by atomic mass is 10.0. The summed E-state index contributed by atoms with van der Waals surface area (Å²) in [6.45, 7) is 4.68. The smallest absolute Gasteiger partial charge is 0.414 e. The molecule has 0 aliphatic carbocycles. The number of carbonyl (C=O) groups excluding carboxylic acids is 2. The van der Waals surface area contributed by atoms with Crippen LogP contribution in [0.3, 0.4) is 0 Å². The van der Waals surface area contributed by atoms with Crippen LogP contribution in [0.25, 0.3) is 11.1 Å². The van der Waals surface area contributed by atoms with Gasteiger partial charge in [-0.1, -0.05) is 30.3 Å². The van der Waals surface area contributed by atoms with E-state index in [0.29, 0.717) is 41.2 Å². The zero-order valence-corrected chi connectivity index (χ0v) is 22.8. The van der Waals surface area contributed by atoms with Crippen molar-refractivity contribution in [2.75, 3.05) is 18.0 Å². The second kappa shape index (κ2) is 12.4. The average Bonchev–Trinajstić information content (AvgIpc) is 3.69. The van der Waals surface area contributed by atoms with E-state index in [-0.39, 0.29) is 43.4 Å². The number of ether oxygens (including phenoxy) is 1. The summed E-state index contributed by atoms with van der Waals surface area (Å²) in [4.78, 5) is 35.7. The lowest BCUT2D eigenvalue weighted by Crippen LogP contribution is -2.46. The molecule has 1 saturated heterocycles. The van der Waals surface area contributed by atoms with Gasteiger partial charge in [0, 0.05) is 29.9 Å². The largest absolute Gasteiger partial charge is 0.442 e. The van der Waals surface area contributed by atoms with Crippen molar-refractivity contribution in [3.05, 3.63) is 60.4 Å².